The van der Waals surface area contributed by atoms with Gasteiger partial charge in [0.25, 0.3) is 0 Å². The van der Waals surface area contributed by atoms with Gasteiger partial charge in [-0.25, -0.2) is 0 Å². The highest BCUT2D eigenvalue weighted by molar-refractivity contribution is 5.36. The molecule has 1 aliphatic rings. The SMILES string of the molecule is Cc1cc(OC[C@H](O)CN2C(C)(C)CC(O)CC2(C)C)ccc1C(C)C. The number of nitrogens with zero attached hydrogens (tertiary/aromatic N) is 1. The van der Waals surface area contributed by atoms with E-state index in [9.17, 15) is 10.2 Å². The van der Waals surface area contributed by atoms with Gasteiger partial charge in [0.05, 0.1) is 6.10 Å². The molecule has 1 aromatic rings. The van der Waals surface area contributed by atoms with Gasteiger partial charge in [-0.3, -0.25) is 4.90 Å². The van der Waals surface area contributed by atoms with E-state index in [2.05, 4.69) is 59.4 Å². The number of aliphatic hydroxyl groups is 2. The maximum Gasteiger partial charge on any atom is 0.119 e. The predicted molar refractivity (Wildman–Crippen MR) is 107 cm³/mol. The minimum atomic E-state index is -0.575. The van der Waals surface area contributed by atoms with Crippen molar-refractivity contribution in [3.8, 4) is 5.75 Å². The zero-order valence-corrected chi connectivity index (χ0v) is 17.5. The Hall–Kier alpha value is -1.10. The van der Waals surface area contributed by atoms with Crippen molar-refractivity contribution in [2.75, 3.05) is 13.2 Å². The number of β-amino-alcohol motifs (C(OH)–C–C–N with tert-alkyl or cyclic N) is 1. The fraction of sp³-hybridized carbons (Fsp3) is 0.727. The second-order valence-electron chi connectivity index (χ2n) is 9.44. The fourth-order valence-electron chi connectivity index (χ4n) is 4.60. The lowest BCUT2D eigenvalue weighted by atomic mass is 9.78. The molecule has 1 aromatic carbocycles. The number of hydrogen-bond donors (Lipinski definition) is 2. The van der Waals surface area contributed by atoms with Crippen LogP contribution in [0.15, 0.2) is 18.2 Å². The first-order valence-electron chi connectivity index (χ1n) is 9.79. The van der Waals surface area contributed by atoms with Gasteiger partial charge >= 0.3 is 0 Å². The molecule has 0 unspecified atom stereocenters. The smallest absolute Gasteiger partial charge is 0.119 e. The summed E-state index contributed by atoms with van der Waals surface area (Å²) in [6.45, 7) is 15.8. The third kappa shape index (κ3) is 4.99. The summed E-state index contributed by atoms with van der Waals surface area (Å²) >= 11 is 0. The number of ether oxygens (including phenoxy) is 1. The van der Waals surface area contributed by atoms with Crippen LogP contribution in [0.2, 0.25) is 0 Å². The summed E-state index contributed by atoms with van der Waals surface area (Å²) in [4.78, 5) is 2.31. The van der Waals surface area contributed by atoms with E-state index in [-0.39, 0.29) is 23.8 Å². The highest BCUT2D eigenvalue weighted by Crippen LogP contribution is 2.38. The maximum absolute atomic E-state index is 10.6. The summed E-state index contributed by atoms with van der Waals surface area (Å²) in [7, 11) is 0. The molecule has 1 aliphatic heterocycles. The number of rotatable bonds is 6. The van der Waals surface area contributed by atoms with E-state index >= 15 is 0 Å². The van der Waals surface area contributed by atoms with Gasteiger partial charge in [0.15, 0.2) is 0 Å². The molecule has 148 valence electrons. The Kier molecular flexibility index (Phi) is 6.42. The van der Waals surface area contributed by atoms with Crippen molar-refractivity contribution in [2.45, 2.75) is 90.5 Å². The quantitative estimate of drug-likeness (QED) is 0.805. The van der Waals surface area contributed by atoms with Crippen LogP contribution in [0.1, 0.15) is 71.4 Å². The van der Waals surface area contributed by atoms with Crippen LogP contribution in [-0.4, -0.2) is 51.6 Å². The van der Waals surface area contributed by atoms with Gasteiger partial charge in [-0.2, -0.15) is 0 Å². The third-order valence-corrected chi connectivity index (χ3v) is 5.63. The number of aryl methyl sites for hydroxylation is 1. The van der Waals surface area contributed by atoms with Gasteiger partial charge < -0.3 is 14.9 Å². The lowest BCUT2D eigenvalue weighted by molar-refractivity contribution is -0.1000. The van der Waals surface area contributed by atoms with Crippen molar-refractivity contribution in [3.05, 3.63) is 29.3 Å². The minimum Gasteiger partial charge on any atom is -0.491 e. The Bertz CT molecular complexity index is 591. The maximum atomic E-state index is 10.6. The van der Waals surface area contributed by atoms with Crippen molar-refractivity contribution < 1.29 is 14.9 Å². The highest BCUT2D eigenvalue weighted by atomic mass is 16.5. The van der Waals surface area contributed by atoms with Gasteiger partial charge in [-0.1, -0.05) is 19.9 Å². The number of likely N-dealkylation sites (tertiary alicyclic amines) is 1. The Morgan fingerprint density at radius 3 is 2.23 bits per heavy atom. The molecular formula is C22H37NO3. The highest BCUT2D eigenvalue weighted by Gasteiger charge is 2.45. The Balaban J connectivity index is 1.98. The van der Waals surface area contributed by atoms with Crippen molar-refractivity contribution >= 4 is 0 Å². The molecule has 0 radical (unpaired) electrons. The van der Waals surface area contributed by atoms with E-state index in [4.69, 9.17) is 4.74 Å². The van der Waals surface area contributed by atoms with Crippen LogP contribution in [0.5, 0.6) is 5.75 Å². The summed E-state index contributed by atoms with van der Waals surface area (Å²) in [5, 5.41) is 20.7. The van der Waals surface area contributed by atoms with Crippen LogP contribution in [0.25, 0.3) is 0 Å². The van der Waals surface area contributed by atoms with Gasteiger partial charge in [-0.05, 0) is 76.6 Å². The third-order valence-electron chi connectivity index (χ3n) is 5.63. The number of aliphatic hydroxyl groups excluding tert-OH is 2. The Morgan fingerprint density at radius 1 is 1.15 bits per heavy atom. The normalized spacial score (nSPS) is 21.8. The first-order chi connectivity index (χ1) is 11.9. The Labute approximate surface area is 159 Å². The second-order valence-corrected chi connectivity index (χ2v) is 9.44. The molecule has 2 N–H and O–H groups in total. The van der Waals surface area contributed by atoms with E-state index in [0.717, 1.165) is 18.6 Å². The topological polar surface area (TPSA) is 52.9 Å². The molecule has 26 heavy (non-hydrogen) atoms. The average molecular weight is 364 g/mol. The monoisotopic (exact) mass is 363 g/mol. The van der Waals surface area contributed by atoms with Crippen LogP contribution in [0.3, 0.4) is 0 Å². The molecule has 1 fully saturated rings. The zero-order valence-electron chi connectivity index (χ0n) is 17.5. The first kappa shape index (κ1) is 21.2. The van der Waals surface area contributed by atoms with Gasteiger partial charge in [0, 0.05) is 17.6 Å². The summed E-state index contributed by atoms with van der Waals surface area (Å²) in [6.07, 6.45) is 0.584. The fourth-order valence-corrected chi connectivity index (χ4v) is 4.60. The summed E-state index contributed by atoms with van der Waals surface area (Å²) in [5.41, 5.74) is 2.24. The Morgan fingerprint density at radius 2 is 1.73 bits per heavy atom. The second kappa shape index (κ2) is 7.87. The van der Waals surface area contributed by atoms with Crippen LogP contribution in [0, 0.1) is 6.92 Å². The molecule has 1 saturated heterocycles. The number of piperidine rings is 1. The van der Waals surface area contributed by atoms with Crippen LogP contribution in [0.4, 0.5) is 0 Å². The number of benzene rings is 1. The van der Waals surface area contributed by atoms with Crippen LogP contribution in [-0.2, 0) is 0 Å². The summed E-state index contributed by atoms with van der Waals surface area (Å²) < 4.78 is 5.86. The lowest BCUT2D eigenvalue weighted by Gasteiger charge is -2.54. The minimum absolute atomic E-state index is 0.155. The molecule has 0 amide bonds. The van der Waals surface area contributed by atoms with Crippen LogP contribution >= 0.6 is 0 Å². The molecule has 0 saturated carbocycles. The predicted octanol–water partition coefficient (Wildman–Crippen LogP) is 3.87. The van der Waals surface area contributed by atoms with E-state index in [0.29, 0.717) is 12.5 Å². The summed E-state index contributed by atoms with van der Waals surface area (Å²) in [6, 6.07) is 6.15. The first-order valence-corrected chi connectivity index (χ1v) is 9.79. The van der Waals surface area contributed by atoms with Crippen molar-refractivity contribution in [1.29, 1.82) is 0 Å². The molecular weight excluding hydrogens is 326 g/mol. The number of hydrogen-bond acceptors (Lipinski definition) is 4. The molecule has 0 bridgehead atoms. The van der Waals surface area contributed by atoms with E-state index < -0.39 is 6.10 Å². The standard InChI is InChI=1S/C22H37NO3/c1-15(2)20-9-8-19(10-16(20)3)26-14-18(25)13-23-21(4,5)11-17(24)12-22(23,6)7/h8-10,15,17-18,24-25H,11-14H2,1-7H3/t18-/m1/s1. The lowest BCUT2D eigenvalue weighted by Crippen LogP contribution is -2.63. The molecule has 4 nitrogen and oxygen atoms in total. The van der Waals surface area contributed by atoms with Crippen LogP contribution < -0.4 is 4.74 Å². The largest absolute Gasteiger partial charge is 0.491 e. The van der Waals surface area contributed by atoms with E-state index in [1.54, 1.807) is 0 Å². The molecule has 1 atom stereocenters. The average Bonchev–Trinajstić information content (AvgIpc) is 2.47. The van der Waals surface area contributed by atoms with Gasteiger partial charge in [-0.15, -0.1) is 0 Å². The van der Waals surface area contributed by atoms with Crippen molar-refractivity contribution in [2.24, 2.45) is 0 Å². The van der Waals surface area contributed by atoms with E-state index in [1.165, 1.54) is 11.1 Å². The summed E-state index contributed by atoms with van der Waals surface area (Å²) in [5.74, 6) is 1.30. The molecule has 4 heteroatoms. The zero-order chi connectivity index (χ0) is 19.7. The van der Waals surface area contributed by atoms with Gasteiger partial charge in [0.2, 0.25) is 0 Å². The van der Waals surface area contributed by atoms with Crippen molar-refractivity contribution in [1.82, 2.24) is 4.90 Å². The van der Waals surface area contributed by atoms with E-state index in [1.807, 2.05) is 12.1 Å². The van der Waals surface area contributed by atoms with Gasteiger partial charge in [0.1, 0.15) is 18.5 Å². The molecule has 2 rings (SSSR count). The van der Waals surface area contributed by atoms with Crippen molar-refractivity contribution in [3.63, 3.8) is 0 Å². The molecule has 0 aliphatic carbocycles. The molecule has 1 heterocycles. The molecule has 0 aromatic heterocycles. The molecule has 0 spiro atoms.